The average molecular weight is 248 g/mol. The molecule has 18 heavy (non-hydrogen) atoms. The molecule has 1 N–H and O–H groups in total. The zero-order valence-corrected chi connectivity index (χ0v) is 10.7. The first kappa shape index (κ1) is 12.8. The molecule has 0 amide bonds. The molecule has 2 aromatic rings. The highest BCUT2D eigenvalue weighted by atomic mass is 19.1. The number of nitrogens with one attached hydrogen (secondary N) is 1. The monoisotopic (exact) mass is 248 g/mol. The van der Waals surface area contributed by atoms with Crippen molar-refractivity contribution >= 4 is 10.9 Å². The van der Waals surface area contributed by atoms with Crippen LogP contribution in [0.2, 0.25) is 0 Å². The molecule has 1 aromatic carbocycles. The van der Waals surface area contributed by atoms with Crippen LogP contribution in [0.1, 0.15) is 12.0 Å². The summed E-state index contributed by atoms with van der Waals surface area (Å²) in [6.45, 7) is 0.865. The maximum Gasteiger partial charge on any atom is 0.254 e. The fourth-order valence-corrected chi connectivity index (χ4v) is 2.20. The molecule has 4 heteroatoms. The fraction of sp³-hybridized carbons (Fsp3) is 0.357. The van der Waals surface area contributed by atoms with Gasteiger partial charge in [-0.15, -0.1) is 0 Å². The van der Waals surface area contributed by atoms with E-state index in [0.717, 1.165) is 23.9 Å². The first-order valence-corrected chi connectivity index (χ1v) is 6.07. The van der Waals surface area contributed by atoms with Crippen molar-refractivity contribution in [3.8, 4) is 0 Å². The molecule has 96 valence electrons. The largest absolute Gasteiger partial charge is 0.320 e. The summed E-state index contributed by atoms with van der Waals surface area (Å²) in [5, 5.41) is 3.82. The Balaban J connectivity index is 2.51. The van der Waals surface area contributed by atoms with Crippen LogP contribution >= 0.6 is 0 Å². The van der Waals surface area contributed by atoms with Crippen molar-refractivity contribution in [2.24, 2.45) is 7.05 Å². The van der Waals surface area contributed by atoms with Gasteiger partial charge in [0.25, 0.3) is 5.56 Å². The molecule has 0 saturated heterocycles. The number of para-hydroxylation sites is 1. The van der Waals surface area contributed by atoms with Crippen LogP contribution in [-0.4, -0.2) is 18.2 Å². The Morgan fingerprint density at radius 2 is 2.17 bits per heavy atom. The Bertz CT molecular complexity index is 619. The molecule has 1 heterocycles. The molecule has 0 unspecified atom stereocenters. The number of aromatic nitrogens is 1. The average Bonchev–Trinajstić information content (AvgIpc) is 2.35. The second kappa shape index (κ2) is 5.31. The van der Waals surface area contributed by atoms with Crippen molar-refractivity contribution in [1.29, 1.82) is 0 Å². The lowest BCUT2D eigenvalue weighted by atomic mass is 10.1. The van der Waals surface area contributed by atoms with Gasteiger partial charge in [-0.3, -0.25) is 4.79 Å². The van der Waals surface area contributed by atoms with Gasteiger partial charge in [0.2, 0.25) is 0 Å². The first-order chi connectivity index (χ1) is 8.65. The Morgan fingerprint density at radius 1 is 1.39 bits per heavy atom. The number of aryl methyl sites for hydroxylation is 2. The third-order valence-corrected chi connectivity index (χ3v) is 3.14. The van der Waals surface area contributed by atoms with Crippen molar-refractivity contribution in [3.63, 3.8) is 0 Å². The maximum absolute atomic E-state index is 13.7. The van der Waals surface area contributed by atoms with Gasteiger partial charge in [0.1, 0.15) is 5.82 Å². The van der Waals surface area contributed by atoms with Crippen LogP contribution < -0.4 is 10.9 Å². The second-order valence-electron chi connectivity index (χ2n) is 4.42. The van der Waals surface area contributed by atoms with Crippen LogP contribution in [-0.2, 0) is 13.5 Å². The first-order valence-electron chi connectivity index (χ1n) is 6.07. The van der Waals surface area contributed by atoms with Gasteiger partial charge in [-0.05, 0) is 38.6 Å². The highest BCUT2D eigenvalue weighted by molar-refractivity contribution is 5.80. The van der Waals surface area contributed by atoms with E-state index in [1.54, 1.807) is 19.2 Å². The number of hydrogen-bond donors (Lipinski definition) is 1. The molecule has 1 aromatic heterocycles. The molecular weight excluding hydrogens is 231 g/mol. The molecule has 0 atom stereocenters. The van der Waals surface area contributed by atoms with Gasteiger partial charge in [0, 0.05) is 18.0 Å². The van der Waals surface area contributed by atoms with E-state index in [1.165, 1.54) is 10.6 Å². The standard InChI is InChI=1S/C14H17FN2O/c1-16-8-4-6-11-9-10-5-3-7-12(15)13(10)17(2)14(11)18/h3,5,7,9,16H,4,6,8H2,1-2H3. The summed E-state index contributed by atoms with van der Waals surface area (Å²) in [4.78, 5) is 12.1. The van der Waals surface area contributed by atoms with Crippen molar-refractivity contribution in [2.45, 2.75) is 12.8 Å². The third-order valence-electron chi connectivity index (χ3n) is 3.14. The summed E-state index contributed by atoms with van der Waals surface area (Å²) in [5.41, 5.74) is 1.01. The number of nitrogens with zero attached hydrogens (tertiary/aromatic N) is 1. The number of benzene rings is 1. The molecule has 0 aliphatic rings. The van der Waals surface area contributed by atoms with Crippen molar-refractivity contribution in [2.75, 3.05) is 13.6 Å². The van der Waals surface area contributed by atoms with Gasteiger partial charge in [0.05, 0.1) is 5.52 Å². The molecule has 3 nitrogen and oxygen atoms in total. The van der Waals surface area contributed by atoms with Crippen LogP contribution in [0.4, 0.5) is 4.39 Å². The predicted molar refractivity (Wildman–Crippen MR) is 71.4 cm³/mol. The predicted octanol–water partition coefficient (Wildman–Crippen LogP) is 1.83. The number of fused-ring (bicyclic) bond motifs is 1. The molecule has 2 rings (SSSR count). The van der Waals surface area contributed by atoms with E-state index in [4.69, 9.17) is 0 Å². The molecular formula is C14H17FN2O. The van der Waals surface area contributed by atoms with Crippen LogP contribution in [0.3, 0.4) is 0 Å². The molecule has 0 saturated carbocycles. The lowest BCUT2D eigenvalue weighted by Crippen LogP contribution is -2.22. The lowest BCUT2D eigenvalue weighted by Gasteiger charge is -2.09. The van der Waals surface area contributed by atoms with E-state index in [9.17, 15) is 9.18 Å². The fourth-order valence-electron chi connectivity index (χ4n) is 2.20. The van der Waals surface area contributed by atoms with E-state index >= 15 is 0 Å². The Hall–Kier alpha value is -1.68. The SMILES string of the molecule is CNCCCc1cc2cccc(F)c2n(C)c1=O. The normalized spacial score (nSPS) is 11.1. The lowest BCUT2D eigenvalue weighted by molar-refractivity contribution is 0.628. The molecule has 0 spiro atoms. The van der Waals surface area contributed by atoms with Crippen molar-refractivity contribution < 1.29 is 4.39 Å². The minimum atomic E-state index is -0.353. The number of halogens is 1. The zero-order chi connectivity index (χ0) is 13.1. The number of pyridine rings is 1. The van der Waals surface area contributed by atoms with Gasteiger partial charge in [-0.25, -0.2) is 4.39 Å². The Morgan fingerprint density at radius 3 is 2.89 bits per heavy atom. The summed E-state index contributed by atoms with van der Waals surface area (Å²) in [5.74, 6) is -0.353. The Labute approximate surface area is 105 Å². The molecule has 0 radical (unpaired) electrons. The van der Waals surface area contributed by atoms with E-state index in [0.29, 0.717) is 11.9 Å². The molecule has 0 fully saturated rings. The van der Waals surface area contributed by atoms with Crippen LogP contribution in [0.25, 0.3) is 10.9 Å². The number of rotatable bonds is 4. The smallest absolute Gasteiger partial charge is 0.254 e. The summed E-state index contributed by atoms with van der Waals surface area (Å²) in [7, 11) is 3.50. The summed E-state index contributed by atoms with van der Waals surface area (Å²) < 4.78 is 15.1. The van der Waals surface area contributed by atoms with Gasteiger partial charge < -0.3 is 9.88 Å². The van der Waals surface area contributed by atoms with Crippen molar-refractivity contribution in [3.05, 3.63) is 46.0 Å². The summed E-state index contributed by atoms with van der Waals surface area (Å²) >= 11 is 0. The summed E-state index contributed by atoms with van der Waals surface area (Å²) in [6.07, 6.45) is 1.60. The van der Waals surface area contributed by atoms with Crippen LogP contribution in [0.5, 0.6) is 0 Å². The highest BCUT2D eigenvalue weighted by Gasteiger charge is 2.09. The van der Waals surface area contributed by atoms with E-state index in [2.05, 4.69) is 5.32 Å². The maximum atomic E-state index is 13.7. The molecule has 0 aliphatic heterocycles. The third kappa shape index (κ3) is 2.29. The van der Waals surface area contributed by atoms with Crippen molar-refractivity contribution in [1.82, 2.24) is 9.88 Å². The van der Waals surface area contributed by atoms with Crippen LogP contribution in [0.15, 0.2) is 29.1 Å². The quantitative estimate of drug-likeness (QED) is 0.838. The minimum absolute atomic E-state index is 0.108. The van der Waals surface area contributed by atoms with Gasteiger partial charge >= 0.3 is 0 Å². The van der Waals surface area contributed by atoms with E-state index in [-0.39, 0.29) is 11.4 Å². The van der Waals surface area contributed by atoms with E-state index in [1.807, 2.05) is 13.1 Å². The molecule has 0 bridgehead atoms. The van der Waals surface area contributed by atoms with Gasteiger partial charge in [0.15, 0.2) is 0 Å². The number of hydrogen-bond acceptors (Lipinski definition) is 2. The highest BCUT2D eigenvalue weighted by Crippen LogP contribution is 2.16. The second-order valence-corrected chi connectivity index (χ2v) is 4.42. The molecule has 0 aliphatic carbocycles. The Kier molecular flexibility index (Phi) is 3.77. The van der Waals surface area contributed by atoms with Crippen LogP contribution in [0, 0.1) is 5.82 Å². The topological polar surface area (TPSA) is 34.0 Å². The summed E-state index contributed by atoms with van der Waals surface area (Å²) in [6, 6.07) is 6.68. The van der Waals surface area contributed by atoms with Gasteiger partial charge in [-0.2, -0.15) is 0 Å². The minimum Gasteiger partial charge on any atom is -0.320 e. The van der Waals surface area contributed by atoms with E-state index < -0.39 is 0 Å². The van der Waals surface area contributed by atoms with Gasteiger partial charge in [-0.1, -0.05) is 12.1 Å². The zero-order valence-electron chi connectivity index (χ0n) is 10.7.